The lowest BCUT2D eigenvalue weighted by atomic mass is 10.0. The topological polar surface area (TPSA) is 78.9 Å². The molecule has 0 N–H and O–H groups in total. The second kappa shape index (κ2) is 62.6. The Kier molecular flexibility index (Phi) is 60.2. The van der Waals surface area contributed by atoms with Gasteiger partial charge >= 0.3 is 17.9 Å². The van der Waals surface area contributed by atoms with Crippen molar-refractivity contribution in [1.29, 1.82) is 0 Å². The quantitative estimate of drug-likeness (QED) is 0.0261. The standard InChI is InChI=1S/C68H122O6/c1-4-7-10-13-16-18-20-22-24-25-26-27-28-29-30-31-32-33-34-35-36-37-38-39-40-41-42-43-45-46-48-50-52-55-58-61-67(70)73-64-65(63-72-66(69)60-57-54-15-12-9-6-3)74-68(71)62-59-56-53-51-49-47-44-23-21-19-17-14-11-8-5-2/h8,11,17,19,23,44,49,51,56,59,65H,4-7,9-10,12-16,18,20-22,24-43,45-48,50,52-55,57-58,60-64H2,1-3H3/b11-8-,19-17-,44-23-,51-49-,59-56-. The van der Waals surface area contributed by atoms with E-state index >= 15 is 0 Å². The van der Waals surface area contributed by atoms with Crippen LogP contribution in [0.5, 0.6) is 0 Å². The Morgan fingerprint density at radius 1 is 0.284 bits per heavy atom. The number of carbonyl (C=O) groups is 3. The van der Waals surface area contributed by atoms with Gasteiger partial charge in [-0.2, -0.15) is 0 Å². The third kappa shape index (κ3) is 60.0. The highest BCUT2D eigenvalue weighted by atomic mass is 16.6. The van der Waals surface area contributed by atoms with E-state index in [0.717, 1.165) is 70.6 Å². The number of hydrogen-bond acceptors (Lipinski definition) is 6. The minimum absolute atomic E-state index is 0.101. The first-order chi connectivity index (χ1) is 36.5. The Hall–Kier alpha value is -2.89. The fourth-order valence-electron chi connectivity index (χ4n) is 9.52. The summed E-state index contributed by atoms with van der Waals surface area (Å²) in [5.41, 5.74) is 0. The zero-order chi connectivity index (χ0) is 53.6. The Bertz CT molecular complexity index is 1330. The molecule has 0 aromatic carbocycles. The highest BCUT2D eigenvalue weighted by Gasteiger charge is 2.19. The second-order valence-corrected chi connectivity index (χ2v) is 21.7. The Balaban J connectivity index is 3.92. The number of hydrogen-bond donors (Lipinski definition) is 0. The molecule has 0 aliphatic heterocycles. The van der Waals surface area contributed by atoms with Crippen LogP contribution < -0.4 is 0 Å². The van der Waals surface area contributed by atoms with Gasteiger partial charge in [-0.1, -0.05) is 332 Å². The Morgan fingerprint density at radius 3 is 0.770 bits per heavy atom. The lowest BCUT2D eigenvalue weighted by molar-refractivity contribution is -0.166. The van der Waals surface area contributed by atoms with Crippen molar-refractivity contribution >= 4 is 17.9 Å². The maximum absolute atomic E-state index is 12.7. The van der Waals surface area contributed by atoms with Gasteiger partial charge in [-0.3, -0.25) is 14.4 Å². The molecule has 1 atom stereocenters. The number of allylic oxidation sites excluding steroid dienone is 9. The molecule has 6 heteroatoms. The van der Waals surface area contributed by atoms with E-state index in [9.17, 15) is 14.4 Å². The number of esters is 3. The predicted octanol–water partition coefficient (Wildman–Crippen LogP) is 21.9. The van der Waals surface area contributed by atoms with E-state index in [0.29, 0.717) is 12.8 Å². The van der Waals surface area contributed by atoms with Crippen molar-refractivity contribution in [3.8, 4) is 0 Å². The molecule has 0 aliphatic carbocycles. The lowest BCUT2D eigenvalue weighted by Crippen LogP contribution is -2.30. The van der Waals surface area contributed by atoms with Crippen molar-refractivity contribution in [2.75, 3.05) is 13.2 Å². The third-order valence-corrected chi connectivity index (χ3v) is 14.3. The first-order valence-corrected chi connectivity index (χ1v) is 32.3. The highest BCUT2D eigenvalue weighted by Crippen LogP contribution is 2.18. The molecular weight excluding hydrogens is 913 g/mol. The summed E-state index contributed by atoms with van der Waals surface area (Å²) in [6.07, 6.45) is 80.5. The van der Waals surface area contributed by atoms with Crippen molar-refractivity contribution in [3.05, 3.63) is 60.8 Å². The lowest BCUT2D eigenvalue weighted by Gasteiger charge is -2.18. The van der Waals surface area contributed by atoms with Crippen LogP contribution in [-0.2, 0) is 28.6 Å². The zero-order valence-corrected chi connectivity index (χ0v) is 49.4. The van der Waals surface area contributed by atoms with Crippen LogP contribution in [0.4, 0.5) is 0 Å². The summed E-state index contributed by atoms with van der Waals surface area (Å²) in [5.74, 6) is -1.04. The summed E-state index contributed by atoms with van der Waals surface area (Å²) in [4.78, 5) is 37.8. The maximum atomic E-state index is 12.7. The molecule has 0 spiro atoms. The van der Waals surface area contributed by atoms with Gasteiger partial charge in [-0.25, -0.2) is 0 Å². The molecule has 0 fully saturated rings. The number of unbranched alkanes of at least 4 members (excludes halogenated alkanes) is 39. The fraction of sp³-hybridized carbons (Fsp3) is 0.809. The number of ether oxygens (including phenoxy) is 3. The largest absolute Gasteiger partial charge is 0.462 e. The zero-order valence-electron chi connectivity index (χ0n) is 49.4. The molecular formula is C68H122O6. The van der Waals surface area contributed by atoms with Gasteiger partial charge in [0.2, 0.25) is 0 Å². The van der Waals surface area contributed by atoms with Crippen LogP contribution in [0.2, 0.25) is 0 Å². The van der Waals surface area contributed by atoms with Gasteiger partial charge < -0.3 is 14.2 Å². The van der Waals surface area contributed by atoms with Crippen LogP contribution in [0.25, 0.3) is 0 Å². The predicted molar refractivity (Wildman–Crippen MR) is 321 cm³/mol. The molecule has 0 saturated carbocycles. The minimum atomic E-state index is -0.824. The third-order valence-electron chi connectivity index (χ3n) is 14.3. The average molecular weight is 1040 g/mol. The van der Waals surface area contributed by atoms with Gasteiger partial charge in [0, 0.05) is 12.8 Å². The molecule has 0 amide bonds. The number of carbonyl (C=O) groups excluding carboxylic acids is 3. The molecule has 6 nitrogen and oxygen atoms in total. The molecule has 0 saturated heterocycles. The SMILES string of the molecule is CC/C=C\C/C=C\C/C=C\C/C=C\C/C=C\CC(=O)OC(COC(=O)CCCCCCCC)COC(=O)CCCCCCCCCCCCCCCCCCCCCCCCCCCCCCCCCCCCC. The highest BCUT2D eigenvalue weighted by molar-refractivity contribution is 5.72. The molecule has 0 aromatic heterocycles. The summed E-state index contributed by atoms with van der Waals surface area (Å²) in [6.45, 7) is 6.41. The first kappa shape index (κ1) is 71.1. The van der Waals surface area contributed by atoms with Gasteiger partial charge in [0.15, 0.2) is 6.10 Å². The minimum Gasteiger partial charge on any atom is -0.462 e. The summed E-state index contributed by atoms with van der Waals surface area (Å²) < 4.78 is 16.6. The van der Waals surface area contributed by atoms with Crippen molar-refractivity contribution in [2.24, 2.45) is 0 Å². The summed E-state index contributed by atoms with van der Waals surface area (Å²) in [5, 5.41) is 0. The molecule has 0 rings (SSSR count). The van der Waals surface area contributed by atoms with E-state index in [2.05, 4.69) is 69.4 Å². The summed E-state index contributed by atoms with van der Waals surface area (Å²) in [6, 6.07) is 0. The van der Waals surface area contributed by atoms with Gasteiger partial charge in [0.05, 0.1) is 6.42 Å². The van der Waals surface area contributed by atoms with E-state index in [4.69, 9.17) is 14.2 Å². The Morgan fingerprint density at radius 2 is 0.514 bits per heavy atom. The normalized spacial score (nSPS) is 12.4. The van der Waals surface area contributed by atoms with Gasteiger partial charge in [-0.15, -0.1) is 0 Å². The van der Waals surface area contributed by atoms with E-state index in [1.165, 1.54) is 225 Å². The van der Waals surface area contributed by atoms with Crippen molar-refractivity contribution in [2.45, 2.75) is 341 Å². The molecule has 74 heavy (non-hydrogen) atoms. The van der Waals surface area contributed by atoms with Crippen LogP contribution in [0.3, 0.4) is 0 Å². The van der Waals surface area contributed by atoms with Crippen LogP contribution >= 0.6 is 0 Å². The molecule has 430 valence electrons. The van der Waals surface area contributed by atoms with Gasteiger partial charge in [0.25, 0.3) is 0 Å². The molecule has 0 aliphatic rings. The molecule has 0 aromatic rings. The van der Waals surface area contributed by atoms with Crippen LogP contribution in [0, 0.1) is 0 Å². The smallest absolute Gasteiger partial charge is 0.310 e. The molecule has 0 heterocycles. The van der Waals surface area contributed by atoms with Crippen LogP contribution in [-0.4, -0.2) is 37.2 Å². The maximum Gasteiger partial charge on any atom is 0.310 e. The van der Waals surface area contributed by atoms with E-state index in [1.54, 1.807) is 6.08 Å². The van der Waals surface area contributed by atoms with Crippen molar-refractivity contribution in [1.82, 2.24) is 0 Å². The monoisotopic (exact) mass is 1030 g/mol. The molecule has 0 radical (unpaired) electrons. The average Bonchev–Trinajstić information content (AvgIpc) is 3.40. The van der Waals surface area contributed by atoms with E-state index < -0.39 is 12.1 Å². The fourth-order valence-corrected chi connectivity index (χ4v) is 9.52. The molecule has 1 unspecified atom stereocenters. The second-order valence-electron chi connectivity index (χ2n) is 21.7. The van der Waals surface area contributed by atoms with Crippen LogP contribution in [0.1, 0.15) is 335 Å². The Labute approximate surface area is 460 Å². The van der Waals surface area contributed by atoms with Gasteiger partial charge in [0.1, 0.15) is 13.2 Å². The summed E-state index contributed by atoms with van der Waals surface area (Å²) in [7, 11) is 0. The summed E-state index contributed by atoms with van der Waals surface area (Å²) >= 11 is 0. The van der Waals surface area contributed by atoms with E-state index in [1.807, 2.05) is 6.08 Å². The van der Waals surface area contributed by atoms with E-state index in [-0.39, 0.29) is 31.6 Å². The number of rotatable bonds is 59. The molecule has 0 bridgehead atoms. The van der Waals surface area contributed by atoms with Crippen molar-refractivity contribution in [3.63, 3.8) is 0 Å². The first-order valence-electron chi connectivity index (χ1n) is 32.3. The van der Waals surface area contributed by atoms with Crippen LogP contribution in [0.15, 0.2) is 60.8 Å². The van der Waals surface area contributed by atoms with Crippen molar-refractivity contribution < 1.29 is 28.6 Å². The van der Waals surface area contributed by atoms with Gasteiger partial charge in [-0.05, 0) is 44.9 Å².